The van der Waals surface area contributed by atoms with Crippen LogP contribution in [0.1, 0.15) is 102 Å². The van der Waals surface area contributed by atoms with Gasteiger partial charge in [-0.25, -0.2) is 0 Å². The van der Waals surface area contributed by atoms with E-state index in [9.17, 15) is 0 Å². The van der Waals surface area contributed by atoms with Gasteiger partial charge in [0, 0.05) is 11.1 Å². The van der Waals surface area contributed by atoms with Crippen molar-refractivity contribution in [2.45, 2.75) is 103 Å². The molecule has 0 aromatic heterocycles. The van der Waals surface area contributed by atoms with Crippen molar-refractivity contribution in [1.29, 1.82) is 0 Å². The predicted molar refractivity (Wildman–Crippen MR) is 166 cm³/mol. The van der Waals surface area contributed by atoms with Crippen molar-refractivity contribution in [3.63, 3.8) is 0 Å². The second-order valence-electron chi connectivity index (χ2n) is 13.8. The summed E-state index contributed by atoms with van der Waals surface area (Å²) in [5.41, 5.74) is 3.10. The Labute approximate surface area is 239 Å². The van der Waals surface area contributed by atoms with Gasteiger partial charge in [0.15, 0.2) is 0 Å². The fraction of sp³-hybridized carbons (Fsp3) is 0.611. The molecular weight excluding hydrogens is 492 g/mol. The quantitative estimate of drug-likeness (QED) is 0.243. The third kappa shape index (κ3) is 6.16. The summed E-state index contributed by atoms with van der Waals surface area (Å²) in [5.74, 6) is 3.82. The molecular formula is C36H52O2Si. The maximum Gasteiger partial charge on any atom is 0.361 e. The van der Waals surface area contributed by atoms with Crippen LogP contribution in [0.15, 0.2) is 72.8 Å². The molecule has 0 bridgehead atoms. The molecule has 0 radical (unpaired) electrons. The van der Waals surface area contributed by atoms with Gasteiger partial charge in [0.2, 0.25) is 0 Å². The molecule has 8 atom stereocenters. The average molecular weight is 545 g/mol. The molecule has 3 heteroatoms. The highest BCUT2D eigenvalue weighted by Crippen LogP contribution is 2.51. The smallest absolute Gasteiger partial charge is 0.361 e. The van der Waals surface area contributed by atoms with Crippen molar-refractivity contribution >= 4 is 8.56 Å². The minimum atomic E-state index is -2.89. The third-order valence-electron chi connectivity index (χ3n) is 10.3. The SMILES string of the molecule is CC(C)[C@@H]1CC[C@@H](C)C[C@H]1O[Si]1(O[C@@H]2C[C@H](C)CC[C@H]2C(C)C)[C@@H](c2ccccc2)C=C[C@@H]1c1ccccc1. The second-order valence-corrected chi connectivity index (χ2v) is 17.0. The van der Waals surface area contributed by atoms with E-state index in [-0.39, 0.29) is 23.3 Å². The van der Waals surface area contributed by atoms with Crippen LogP contribution >= 0.6 is 0 Å². The molecule has 2 nitrogen and oxygen atoms in total. The Balaban J connectivity index is 1.64. The van der Waals surface area contributed by atoms with Crippen molar-refractivity contribution in [3.05, 3.63) is 83.9 Å². The zero-order valence-electron chi connectivity index (χ0n) is 25.3. The molecule has 2 fully saturated rings. The van der Waals surface area contributed by atoms with E-state index < -0.39 is 8.56 Å². The topological polar surface area (TPSA) is 18.5 Å². The molecule has 1 heterocycles. The summed E-state index contributed by atoms with van der Waals surface area (Å²) in [7, 11) is -2.89. The molecule has 0 amide bonds. The van der Waals surface area contributed by atoms with E-state index in [1.165, 1.54) is 36.8 Å². The van der Waals surface area contributed by atoms with Crippen molar-refractivity contribution in [3.8, 4) is 0 Å². The van der Waals surface area contributed by atoms with Crippen molar-refractivity contribution in [1.82, 2.24) is 0 Å². The molecule has 2 saturated carbocycles. The number of hydrogen-bond donors (Lipinski definition) is 0. The van der Waals surface area contributed by atoms with Gasteiger partial charge in [-0.3, -0.25) is 0 Å². The van der Waals surface area contributed by atoms with Crippen LogP contribution in [0.4, 0.5) is 0 Å². The van der Waals surface area contributed by atoms with Gasteiger partial charge in [-0.2, -0.15) is 0 Å². The van der Waals surface area contributed by atoms with Gasteiger partial charge >= 0.3 is 8.56 Å². The Hall–Kier alpha value is -1.68. The lowest BCUT2D eigenvalue weighted by atomic mass is 9.75. The molecule has 0 spiro atoms. The summed E-state index contributed by atoms with van der Waals surface area (Å²) >= 11 is 0. The van der Waals surface area contributed by atoms with Crippen LogP contribution in [-0.2, 0) is 8.85 Å². The highest BCUT2D eigenvalue weighted by atomic mass is 28.4. The molecule has 0 unspecified atom stereocenters. The summed E-state index contributed by atoms with van der Waals surface area (Å²) in [6.07, 6.45) is 12.9. The molecule has 1 aliphatic heterocycles. The maximum atomic E-state index is 7.84. The third-order valence-corrected chi connectivity index (χ3v) is 14.4. The van der Waals surface area contributed by atoms with E-state index in [1.54, 1.807) is 0 Å². The minimum absolute atomic E-state index is 0.194. The highest BCUT2D eigenvalue weighted by molar-refractivity contribution is 6.72. The largest absolute Gasteiger partial charge is 0.390 e. The van der Waals surface area contributed by atoms with Crippen LogP contribution in [-0.4, -0.2) is 20.8 Å². The number of rotatable bonds is 8. The monoisotopic (exact) mass is 544 g/mol. The number of benzene rings is 2. The molecule has 5 rings (SSSR count). The summed E-state index contributed by atoms with van der Waals surface area (Å²) in [4.78, 5) is 0. The van der Waals surface area contributed by atoms with E-state index in [0.717, 1.165) is 12.8 Å². The molecule has 2 aromatic rings. The molecule has 2 aliphatic carbocycles. The van der Waals surface area contributed by atoms with Crippen LogP contribution in [0.5, 0.6) is 0 Å². The standard InChI is InChI=1S/C36H52O2Si/c1-25(2)31-19-17-27(5)23-33(31)37-39(38-34-24-28(6)18-20-32(34)26(3)4)35(29-13-9-7-10-14-29)21-22-36(39)30-15-11-8-12-16-30/h7-16,21-22,25-28,31-36H,17-20,23-24H2,1-6H3/t27-,28-,31+,32+,33-,34-,35-,36-/m1/s1. The van der Waals surface area contributed by atoms with Crippen molar-refractivity contribution in [2.75, 3.05) is 0 Å². The first-order valence-electron chi connectivity index (χ1n) is 15.9. The van der Waals surface area contributed by atoms with Gasteiger partial charge in [-0.05, 0) is 72.3 Å². The average Bonchev–Trinajstić information content (AvgIpc) is 3.27. The van der Waals surface area contributed by atoms with Gasteiger partial charge in [0.25, 0.3) is 0 Å². The van der Waals surface area contributed by atoms with E-state index >= 15 is 0 Å². The van der Waals surface area contributed by atoms with Gasteiger partial charge in [-0.15, -0.1) is 0 Å². The summed E-state index contributed by atoms with van der Waals surface area (Å²) in [6.45, 7) is 14.5. The first-order chi connectivity index (χ1) is 18.8. The zero-order valence-corrected chi connectivity index (χ0v) is 26.3. The molecule has 212 valence electrons. The molecule has 3 aliphatic rings. The normalized spacial score (nSPS) is 34.6. The molecule has 0 saturated heterocycles. The van der Waals surface area contributed by atoms with Gasteiger partial charge in [0.1, 0.15) is 0 Å². The summed E-state index contributed by atoms with van der Waals surface area (Å²) in [6, 6.07) is 22.3. The van der Waals surface area contributed by atoms with Crippen LogP contribution in [0.25, 0.3) is 0 Å². The Morgan fingerprint density at radius 1 is 0.590 bits per heavy atom. The van der Waals surface area contributed by atoms with Gasteiger partial charge in [-0.1, -0.05) is 127 Å². The summed E-state index contributed by atoms with van der Waals surface area (Å²) in [5, 5.41) is 0. The van der Waals surface area contributed by atoms with Crippen molar-refractivity contribution in [2.24, 2.45) is 35.5 Å². The Kier molecular flexibility index (Phi) is 9.20. The first kappa shape index (κ1) is 28.8. The summed E-state index contributed by atoms with van der Waals surface area (Å²) < 4.78 is 15.7. The molecule has 2 aromatic carbocycles. The highest BCUT2D eigenvalue weighted by Gasteiger charge is 2.59. The lowest BCUT2D eigenvalue weighted by Crippen LogP contribution is -2.58. The lowest BCUT2D eigenvalue weighted by Gasteiger charge is -2.49. The Morgan fingerprint density at radius 2 is 0.974 bits per heavy atom. The van der Waals surface area contributed by atoms with Crippen LogP contribution in [0.2, 0.25) is 0 Å². The minimum Gasteiger partial charge on any atom is -0.390 e. The number of hydrogen-bond acceptors (Lipinski definition) is 2. The first-order valence-corrected chi connectivity index (χ1v) is 17.9. The van der Waals surface area contributed by atoms with E-state index in [1.807, 2.05) is 0 Å². The lowest BCUT2D eigenvalue weighted by molar-refractivity contribution is -0.0312. The Bertz CT molecular complexity index is 978. The van der Waals surface area contributed by atoms with Crippen LogP contribution in [0, 0.1) is 35.5 Å². The molecule has 39 heavy (non-hydrogen) atoms. The number of allylic oxidation sites excluding steroid dienone is 2. The fourth-order valence-electron chi connectivity index (χ4n) is 7.99. The van der Waals surface area contributed by atoms with E-state index in [0.29, 0.717) is 35.5 Å². The predicted octanol–water partition coefficient (Wildman–Crippen LogP) is 9.60. The van der Waals surface area contributed by atoms with Crippen LogP contribution < -0.4 is 0 Å². The van der Waals surface area contributed by atoms with E-state index in [2.05, 4.69) is 114 Å². The van der Waals surface area contributed by atoms with Crippen LogP contribution in [0.3, 0.4) is 0 Å². The van der Waals surface area contributed by atoms with Gasteiger partial charge in [0.05, 0.1) is 12.2 Å². The van der Waals surface area contributed by atoms with Gasteiger partial charge < -0.3 is 8.85 Å². The fourth-order valence-corrected chi connectivity index (χ4v) is 12.6. The Morgan fingerprint density at radius 3 is 1.33 bits per heavy atom. The van der Waals surface area contributed by atoms with E-state index in [4.69, 9.17) is 8.85 Å². The zero-order chi connectivity index (χ0) is 27.6. The second kappa shape index (κ2) is 12.5. The van der Waals surface area contributed by atoms with Crippen molar-refractivity contribution < 1.29 is 8.85 Å². The molecule has 0 N–H and O–H groups in total. The maximum absolute atomic E-state index is 7.84.